The molecule has 4 N–H and O–H groups in total. The Hall–Kier alpha value is -2.85. The molecule has 3 aromatic rings. The summed E-state index contributed by atoms with van der Waals surface area (Å²) < 4.78 is 0. The first-order valence-electron chi connectivity index (χ1n) is 8.14. The van der Waals surface area contributed by atoms with E-state index >= 15 is 0 Å². The molecule has 0 bridgehead atoms. The highest BCUT2D eigenvalue weighted by Crippen LogP contribution is 2.31. The van der Waals surface area contributed by atoms with Crippen LogP contribution >= 0.6 is 0 Å². The molecule has 4 nitrogen and oxygen atoms in total. The molecule has 0 saturated carbocycles. The number of nitrogens with two attached hydrogens (primary N) is 1. The van der Waals surface area contributed by atoms with Gasteiger partial charge in [-0.1, -0.05) is 18.7 Å². The summed E-state index contributed by atoms with van der Waals surface area (Å²) in [5.74, 6) is 0. The maximum absolute atomic E-state index is 6.23. The Morgan fingerprint density at radius 3 is 2.92 bits per heavy atom. The Bertz CT molecular complexity index is 916. The van der Waals surface area contributed by atoms with E-state index in [4.69, 9.17) is 5.73 Å². The number of pyridine rings is 1. The van der Waals surface area contributed by atoms with Gasteiger partial charge in [-0.25, -0.2) is 0 Å². The van der Waals surface area contributed by atoms with E-state index in [-0.39, 0.29) is 0 Å². The SMILES string of the molecule is C=C(c1cc2cnccc2[nH]1)c1cc(C2=CCNCC2)ccc1N. The Kier molecular flexibility index (Phi) is 3.67. The molecule has 1 aromatic carbocycles. The molecule has 0 radical (unpaired) electrons. The lowest BCUT2D eigenvalue weighted by Crippen LogP contribution is -2.20. The van der Waals surface area contributed by atoms with Crippen molar-refractivity contribution in [3.8, 4) is 0 Å². The summed E-state index contributed by atoms with van der Waals surface area (Å²) in [5, 5.41) is 4.42. The van der Waals surface area contributed by atoms with Gasteiger partial charge in [0.25, 0.3) is 0 Å². The maximum atomic E-state index is 6.23. The first-order valence-corrected chi connectivity index (χ1v) is 8.14. The molecule has 0 amide bonds. The van der Waals surface area contributed by atoms with E-state index in [9.17, 15) is 0 Å². The molecule has 2 aromatic heterocycles. The highest BCUT2D eigenvalue weighted by Gasteiger charge is 2.13. The number of rotatable bonds is 3. The number of nitrogens with zero attached hydrogens (tertiary/aromatic N) is 1. The smallest absolute Gasteiger partial charge is 0.0489 e. The minimum atomic E-state index is 0.745. The highest BCUT2D eigenvalue weighted by atomic mass is 14.8. The molecular formula is C20H20N4. The van der Waals surface area contributed by atoms with E-state index in [2.05, 4.69) is 46.1 Å². The molecule has 1 aliphatic heterocycles. The molecule has 0 spiro atoms. The number of anilines is 1. The third-order valence-electron chi connectivity index (χ3n) is 4.56. The molecule has 24 heavy (non-hydrogen) atoms. The van der Waals surface area contributed by atoms with Crippen molar-refractivity contribution < 1.29 is 0 Å². The summed E-state index contributed by atoms with van der Waals surface area (Å²) in [6, 6.07) is 10.3. The lowest BCUT2D eigenvalue weighted by atomic mass is 9.94. The second-order valence-electron chi connectivity index (χ2n) is 6.11. The molecule has 3 heterocycles. The van der Waals surface area contributed by atoms with Gasteiger partial charge in [0.1, 0.15) is 0 Å². The van der Waals surface area contributed by atoms with Crippen LogP contribution in [0.15, 0.2) is 55.4 Å². The van der Waals surface area contributed by atoms with Gasteiger partial charge in [-0.2, -0.15) is 0 Å². The Balaban J connectivity index is 1.74. The van der Waals surface area contributed by atoms with Crippen LogP contribution < -0.4 is 11.1 Å². The molecular weight excluding hydrogens is 296 g/mol. The van der Waals surface area contributed by atoms with Crippen LogP contribution in [-0.2, 0) is 0 Å². The van der Waals surface area contributed by atoms with E-state index in [1.54, 1.807) is 6.20 Å². The molecule has 4 heteroatoms. The Morgan fingerprint density at radius 2 is 2.12 bits per heavy atom. The van der Waals surface area contributed by atoms with E-state index in [0.717, 1.165) is 52.9 Å². The topological polar surface area (TPSA) is 66.7 Å². The zero-order valence-corrected chi connectivity index (χ0v) is 13.5. The third kappa shape index (κ3) is 2.61. The lowest BCUT2D eigenvalue weighted by molar-refractivity contribution is 0.738. The Morgan fingerprint density at radius 1 is 1.21 bits per heavy atom. The number of nitrogens with one attached hydrogen (secondary N) is 2. The zero-order valence-electron chi connectivity index (χ0n) is 13.5. The van der Waals surface area contributed by atoms with Crippen LogP contribution in [0.25, 0.3) is 22.0 Å². The van der Waals surface area contributed by atoms with Crippen molar-refractivity contribution in [2.75, 3.05) is 18.8 Å². The molecule has 0 fully saturated rings. The minimum Gasteiger partial charge on any atom is -0.398 e. The monoisotopic (exact) mass is 316 g/mol. The standard InChI is InChI=1S/C20H20N4/c1-13(20-11-16-12-23-9-6-19(16)24-20)17-10-15(2-3-18(17)21)14-4-7-22-8-5-14/h2-4,6,9-12,22,24H,1,5,7-8,21H2. The number of aromatic nitrogens is 2. The van der Waals surface area contributed by atoms with Crippen molar-refractivity contribution in [2.24, 2.45) is 0 Å². The number of hydrogen-bond donors (Lipinski definition) is 3. The van der Waals surface area contributed by atoms with E-state index < -0.39 is 0 Å². The van der Waals surface area contributed by atoms with Crippen molar-refractivity contribution >= 4 is 27.7 Å². The molecule has 120 valence electrons. The normalized spacial score (nSPS) is 14.6. The van der Waals surface area contributed by atoms with Crippen molar-refractivity contribution in [2.45, 2.75) is 6.42 Å². The number of nitrogen functional groups attached to an aromatic ring is 1. The quantitative estimate of drug-likeness (QED) is 0.647. The van der Waals surface area contributed by atoms with E-state index in [1.807, 2.05) is 18.3 Å². The van der Waals surface area contributed by atoms with E-state index in [0.29, 0.717) is 0 Å². The van der Waals surface area contributed by atoms with Crippen LogP contribution in [0.5, 0.6) is 0 Å². The molecule has 0 aliphatic carbocycles. The van der Waals surface area contributed by atoms with Gasteiger partial charge >= 0.3 is 0 Å². The first kappa shape index (κ1) is 14.7. The summed E-state index contributed by atoms with van der Waals surface area (Å²) >= 11 is 0. The molecule has 0 unspecified atom stereocenters. The molecule has 0 saturated heterocycles. The van der Waals surface area contributed by atoms with Crippen LogP contribution in [0.2, 0.25) is 0 Å². The van der Waals surface area contributed by atoms with Crippen molar-refractivity contribution in [1.29, 1.82) is 0 Å². The van der Waals surface area contributed by atoms with Gasteiger partial charge < -0.3 is 16.0 Å². The summed E-state index contributed by atoms with van der Waals surface area (Å²) in [4.78, 5) is 7.56. The van der Waals surface area contributed by atoms with Gasteiger partial charge in [0.05, 0.1) is 0 Å². The van der Waals surface area contributed by atoms with Crippen LogP contribution in [0.4, 0.5) is 5.69 Å². The number of hydrogen-bond acceptors (Lipinski definition) is 3. The average molecular weight is 316 g/mol. The fourth-order valence-electron chi connectivity index (χ4n) is 3.18. The van der Waals surface area contributed by atoms with Crippen molar-refractivity contribution in [3.63, 3.8) is 0 Å². The summed E-state index contributed by atoms with van der Waals surface area (Å²) in [5.41, 5.74) is 13.5. The first-order chi connectivity index (χ1) is 11.7. The van der Waals surface area contributed by atoms with Crippen LogP contribution in [0.1, 0.15) is 23.2 Å². The maximum Gasteiger partial charge on any atom is 0.0489 e. The van der Waals surface area contributed by atoms with Crippen LogP contribution in [-0.4, -0.2) is 23.1 Å². The minimum absolute atomic E-state index is 0.745. The molecule has 0 atom stereocenters. The number of fused-ring (bicyclic) bond motifs is 1. The number of benzene rings is 1. The zero-order chi connectivity index (χ0) is 16.5. The number of H-pyrrole nitrogens is 1. The summed E-state index contributed by atoms with van der Waals surface area (Å²) in [6.07, 6.45) is 6.91. The predicted octanol–water partition coefficient (Wildman–Crippen LogP) is 3.58. The number of aromatic amines is 1. The third-order valence-corrected chi connectivity index (χ3v) is 4.56. The molecule has 1 aliphatic rings. The van der Waals surface area contributed by atoms with Gasteiger partial charge in [-0.05, 0) is 48.4 Å². The molecule has 4 rings (SSSR count). The second kappa shape index (κ2) is 5.98. The van der Waals surface area contributed by atoms with E-state index in [1.165, 1.54) is 11.1 Å². The highest BCUT2D eigenvalue weighted by molar-refractivity contribution is 5.90. The van der Waals surface area contributed by atoms with Gasteiger partial charge in [-0.3, -0.25) is 4.98 Å². The summed E-state index contributed by atoms with van der Waals surface area (Å²) in [7, 11) is 0. The van der Waals surface area contributed by atoms with Gasteiger partial charge in [0.2, 0.25) is 0 Å². The fourth-order valence-corrected chi connectivity index (χ4v) is 3.18. The predicted molar refractivity (Wildman–Crippen MR) is 101 cm³/mol. The average Bonchev–Trinajstić information content (AvgIpc) is 3.06. The Labute approximate surface area is 141 Å². The van der Waals surface area contributed by atoms with Gasteiger partial charge in [0, 0.05) is 52.4 Å². The van der Waals surface area contributed by atoms with Gasteiger partial charge in [0.15, 0.2) is 0 Å². The second-order valence-corrected chi connectivity index (χ2v) is 6.11. The van der Waals surface area contributed by atoms with Crippen LogP contribution in [0.3, 0.4) is 0 Å². The van der Waals surface area contributed by atoms with Crippen molar-refractivity contribution in [3.05, 3.63) is 72.2 Å². The lowest BCUT2D eigenvalue weighted by Gasteiger charge is -2.16. The van der Waals surface area contributed by atoms with Crippen molar-refractivity contribution in [1.82, 2.24) is 15.3 Å². The largest absolute Gasteiger partial charge is 0.398 e. The van der Waals surface area contributed by atoms with Gasteiger partial charge in [-0.15, -0.1) is 0 Å². The van der Waals surface area contributed by atoms with Crippen LogP contribution in [0, 0.1) is 0 Å². The fraction of sp³-hybridized carbons (Fsp3) is 0.150. The summed E-state index contributed by atoms with van der Waals surface area (Å²) in [6.45, 7) is 6.21.